The molecule has 0 unspecified atom stereocenters. The molecule has 0 bridgehead atoms. The fourth-order valence-electron chi connectivity index (χ4n) is 2.40. The zero-order valence-electron chi connectivity index (χ0n) is 15.5. The van der Waals surface area contributed by atoms with Crippen LogP contribution in [0.3, 0.4) is 0 Å². The number of benzene rings is 2. The lowest BCUT2D eigenvalue weighted by atomic mass is 10.2. The first-order valence-electron chi connectivity index (χ1n) is 9.00. The molecule has 2 aromatic carbocycles. The number of anilines is 1. The second kappa shape index (κ2) is 10.7. The largest absolute Gasteiger partial charge is 0.494 e. The molecule has 0 heterocycles. The number of carbonyl (C=O) groups excluding carboxylic acids is 2. The molecule has 0 aromatic heterocycles. The highest BCUT2D eigenvalue weighted by molar-refractivity contribution is 5.99. The molecule has 0 saturated heterocycles. The van der Waals surface area contributed by atoms with Gasteiger partial charge >= 0.3 is 0 Å². The van der Waals surface area contributed by atoms with Gasteiger partial charge in [0.2, 0.25) is 5.91 Å². The van der Waals surface area contributed by atoms with Crippen molar-refractivity contribution < 1.29 is 14.3 Å². The van der Waals surface area contributed by atoms with Gasteiger partial charge in [0.05, 0.1) is 13.2 Å². The molecule has 5 heteroatoms. The fraction of sp³-hybridized carbons (Fsp3) is 0.273. The first-order chi connectivity index (χ1) is 13.1. The van der Waals surface area contributed by atoms with E-state index >= 15 is 0 Å². The maximum absolute atomic E-state index is 12.2. The number of terminal acetylenes is 1. The molecular weight excluding hydrogens is 340 g/mol. The van der Waals surface area contributed by atoms with Gasteiger partial charge in [0.1, 0.15) is 5.75 Å². The SMILES string of the molecule is C#Cc1cccc(NC(=O)CNC(=O)c2ccc(OCCCCC)cc2)c1. The van der Waals surface area contributed by atoms with E-state index in [2.05, 4.69) is 23.5 Å². The van der Waals surface area contributed by atoms with Crippen molar-refractivity contribution in [1.29, 1.82) is 0 Å². The summed E-state index contributed by atoms with van der Waals surface area (Å²) in [4.78, 5) is 24.1. The summed E-state index contributed by atoms with van der Waals surface area (Å²) >= 11 is 0. The maximum Gasteiger partial charge on any atom is 0.251 e. The van der Waals surface area contributed by atoms with E-state index in [0.717, 1.165) is 25.0 Å². The standard InChI is InChI=1S/C22H24N2O3/c1-3-5-6-14-27-20-12-10-18(11-13-20)22(26)23-16-21(25)24-19-9-7-8-17(4-2)15-19/h2,7-13,15H,3,5-6,14,16H2,1H3,(H,23,26)(H,24,25). The Hall–Kier alpha value is -3.26. The molecule has 0 aliphatic rings. The number of carbonyl (C=O) groups is 2. The highest BCUT2D eigenvalue weighted by Gasteiger charge is 2.09. The molecule has 140 valence electrons. The third-order valence-electron chi connectivity index (χ3n) is 3.86. The third kappa shape index (κ3) is 6.87. The minimum atomic E-state index is -0.326. The summed E-state index contributed by atoms with van der Waals surface area (Å²) < 4.78 is 5.62. The molecule has 2 rings (SSSR count). The van der Waals surface area contributed by atoms with Crippen molar-refractivity contribution in [2.75, 3.05) is 18.5 Å². The quantitative estimate of drug-likeness (QED) is 0.528. The van der Waals surface area contributed by atoms with Crippen molar-refractivity contribution in [3.8, 4) is 18.1 Å². The van der Waals surface area contributed by atoms with Crippen LogP contribution >= 0.6 is 0 Å². The lowest BCUT2D eigenvalue weighted by molar-refractivity contribution is -0.115. The van der Waals surface area contributed by atoms with Crippen LogP contribution in [0, 0.1) is 12.3 Å². The Labute approximate surface area is 160 Å². The Bertz CT molecular complexity index is 807. The molecular formula is C22H24N2O3. The van der Waals surface area contributed by atoms with Crippen LogP contribution in [-0.2, 0) is 4.79 Å². The van der Waals surface area contributed by atoms with Gasteiger partial charge in [0.25, 0.3) is 5.91 Å². The van der Waals surface area contributed by atoms with Crippen LogP contribution < -0.4 is 15.4 Å². The van der Waals surface area contributed by atoms with Gasteiger partial charge in [-0.3, -0.25) is 9.59 Å². The van der Waals surface area contributed by atoms with Crippen LogP contribution in [0.1, 0.15) is 42.1 Å². The summed E-state index contributed by atoms with van der Waals surface area (Å²) in [7, 11) is 0. The zero-order chi connectivity index (χ0) is 19.5. The Morgan fingerprint density at radius 1 is 1.11 bits per heavy atom. The van der Waals surface area contributed by atoms with E-state index in [9.17, 15) is 9.59 Å². The Kier molecular flexibility index (Phi) is 7.92. The highest BCUT2D eigenvalue weighted by Crippen LogP contribution is 2.13. The first-order valence-corrected chi connectivity index (χ1v) is 9.00. The summed E-state index contributed by atoms with van der Waals surface area (Å²) in [6.45, 7) is 2.68. The van der Waals surface area contributed by atoms with Crippen molar-refractivity contribution in [3.05, 3.63) is 59.7 Å². The lowest BCUT2D eigenvalue weighted by Crippen LogP contribution is -2.32. The second-order valence-electron chi connectivity index (χ2n) is 6.04. The van der Waals surface area contributed by atoms with E-state index in [1.54, 1.807) is 48.5 Å². The van der Waals surface area contributed by atoms with Crippen LogP contribution in [0.2, 0.25) is 0 Å². The van der Waals surface area contributed by atoms with Crippen LogP contribution in [-0.4, -0.2) is 25.0 Å². The molecule has 0 atom stereocenters. The number of hydrogen-bond acceptors (Lipinski definition) is 3. The van der Waals surface area contributed by atoms with E-state index in [1.807, 2.05) is 0 Å². The third-order valence-corrected chi connectivity index (χ3v) is 3.86. The van der Waals surface area contributed by atoms with Gasteiger partial charge in [-0.15, -0.1) is 6.42 Å². The molecule has 0 aliphatic carbocycles. The average Bonchev–Trinajstić information content (AvgIpc) is 2.70. The lowest BCUT2D eigenvalue weighted by Gasteiger charge is -2.09. The predicted octanol–water partition coefficient (Wildman–Crippen LogP) is 3.61. The van der Waals surface area contributed by atoms with Crippen LogP contribution in [0.15, 0.2) is 48.5 Å². The minimum absolute atomic E-state index is 0.131. The van der Waals surface area contributed by atoms with Gasteiger partial charge in [0, 0.05) is 16.8 Å². The molecule has 27 heavy (non-hydrogen) atoms. The van der Waals surface area contributed by atoms with Crippen LogP contribution in [0.5, 0.6) is 5.75 Å². The van der Waals surface area contributed by atoms with E-state index in [1.165, 1.54) is 0 Å². The summed E-state index contributed by atoms with van der Waals surface area (Å²) in [6, 6.07) is 13.8. The monoisotopic (exact) mass is 364 g/mol. The maximum atomic E-state index is 12.2. The summed E-state index contributed by atoms with van der Waals surface area (Å²) in [6.07, 6.45) is 8.63. The number of hydrogen-bond donors (Lipinski definition) is 2. The Balaban J connectivity index is 1.79. The minimum Gasteiger partial charge on any atom is -0.494 e. The van der Waals surface area contributed by atoms with Crippen molar-refractivity contribution in [2.24, 2.45) is 0 Å². The number of unbranched alkanes of at least 4 members (excludes halogenated alkanes) is 2. The van der Waals surface area contributed by atoms with Crippen molar-refractivity contribution in [3.63, 3.8) is 0 Å². The molecule has 5 nitrogen and oxygen atoms in total. The van der Waals surface area contributed by atoms with Crippen LogP contribution in [0.25, 0.3) is 0 Å². The molecule has 2 N–H and O–H groups in total. The van der Waals surface area contributed by atoms with Crippen molar-refractivity contribution in [1.82, 2.24) is 5.32 Å². The first kappa shape index (κ1) is 20.1. The van der Waals surface area contributed by atoms with Gasteiger partial charge in [-0.2, -0.15) is 0 Å². The normalized spacial score (nSPS) is 9.93. The smallest absolute Gasteiger partial charge is 0.251 e. The zero-order valence-corrected chi connectivity index (χ0v) is 15.5. The van der Waals surface area contributed by atoms with E-state index in [4.69, 9.17) is 11.2 Å². The molecule has 0 saturated carbocycles. The van der Waals surface area contributed by atoms with E-state index in [0.29, 0.717) is 23.4 Å². The summed E-state index contributed by atoms with van der Waals surface area (Å²) in [5.41, 5.74) is 1.74. The van der Waals surface area contributed by atoms with Gasteiger partial charge < -0.3 is 15.4 Å². The van der Waals surface area contributed by atoms with Gasteiger partial charge in [0.15, 0.2) is 0 Å². The topological polar surface area (TPSA) is 67.4 Å². The number of rotatable bonds is 9. The summed E-state index contributed by atoms with van der Waals surface area (Å²) in [5, 5.41) is 5.29. The number of amides is 2. The summed E-state index contributed by atoms with van der Waals surface area (Å²) in [5.74, 6) is 2.59. The molecule has 2 aromatic rings. The Morgan fingerprint density at radius 3 is 2.59 bits per heavy atom. The second-order valence-corrected chi connectivity index (χ2v) is 6.04. The average molecular weight is 364 g/mol. The van der Waals surface area contributed by atoms with Crippen molar-refractivity contribution in [2.45, 2.75) is 26.2 Å². The van der Waals surface area contributed by atoms with Gasteiger partial charge in [-0.25, -0.2) is 0 Å². The number of nitrogens with one attached hydrogen (secondary N) is 2. The molecule has 0 radical (unpaired) electrons. The molecule has 0 spiro atoms. The fourth-order valence-corrected chi connectivity index (χ4v) is 2.40. The molecule has 2 amide bonds. The van der Waals surface area contributed by atoms with Gasteiger partial charge in [-0.1, -0.05) is 31.8 Å². The number of ether oxygens (including phenoxy) is 1. The van der Waals surface area contributed by atoms with Crippen LogP contribution in [0.4, 0.5) is 5.69 Å². The van der Waals surface area contributed by atoms with Crippen molar-refractivity contribution >= 4 is 17.5 Å². The predicted molar refractivity (Wildman–Crippen MR) is 107 cm³/mol. The molecule has 0 fully saturated rings. The molecule has 0 aliphatic heterocycles. The van der Waals surface area contributed by atoms with E-state index in [-0.39, 0.29) is 18.4 Å². The highest BCUT2D eigenvalue weighted by atomic mass is 16.5. The van der Waals surface area contributed by atoms with Gasteiger partial charge in [-0.05, 0) is 48.9 Å². The van der Waals surface area contributed by atoms with E-state index < -0.39 is 0 Å². The Morgan fingerprint density at radius 2 is 1.89 bits per heavy atom.